The number of methoxy groups -OCH3 is 1. The topological polar surface area (TPSA) is 284 Å². The molecule has 0 aromatic rings. The van der Waals surface area contributed by atoms with Gasteiger partial charge in [-0.2, -0.15) is 0 Å². The van der Waals surface area contributed by atoms with Gasteiger partial charge in [0, 0.05) is 20.0 Å². The average molecular weight is 700 g/mol. The maximum Gasteiger partial charge on any atom is 0.305 e. The van der Waals surface area contributed by atoms with Crippen molar-refractivity contribution in [2.24, 2.45) is 0 Å². The second-order valence-corrected chi connectivity index (χ2v) is 12.6. The van der Waals surface area contributed by atoms with Crippen LogP contribution in [0.3, 0.4) is 0 Å². The molecule has 18 nitrogen and oxygen atoms in total. The molecule has 3 fully saturated rings. The van der Waals surface area contributed by atoms with E-state index in [0.29, 0.717) is 19.3 Å². The van der Waals surface area contributed by atoms with Crippen LogP contribution < -0.4 is 5.32 Å². The summed E-state index contributed by atoms with van der Waals surface area (Å²) >= 11 is 0. The number of hydrogen-bond acceptors (Lipinski definition) is 17. The monoisotopic (exact) mass is 699 g/mol. The molecule has 3 rings (SSSR count). The van der Waals surface area contributed by atoms with Crippen molar-refractivity contribution in [1.82, 2.24) is 5.32 Å². The van der Waals surface area contributed by atoms with E-state index in [1.54, 1.807) is 0 Å². The first-order valence-corrected chi connectivity index (χ1v) is 16.3. The molecule has 3 aliphatic rings. The number of nitrogens with one attached hydrogen (secondary N) is 1. The highest BCUT2D eigenvalue weighted by atomic mass is 16.7. The van der Waals surface area contributed by atoms with Crippen molar-refractivity contribution in [3.63, 3.8) is 0 Å². The molecular formula is C30H53NO17. The van der Waals surface area contributed by atoms with Gasteiger partial charge in [-0.1, -0.05) is 25.7 Å². The molecule has 15 atom stereocenters. The van der Waals surface area contributed by atoms with E-state index >= 15 is 0 Å². The third-order valence-corrected chi connectivity index (χ3v) is 9.15. The van der Waals surface area contributed by atoms with Crippen LogP contribution >= 0.6 is 0 Å². The van der Waals surface area contributed by atoms with Gasteiger partial charge in [0.1, 0.15) is 67.1 Å². The molecule has 0 radical (unpaired) electrons. The summed E-state index contributed by atoms with van der Waals surface area (Å²) in [7, 11) is 1.34. The van der Waals surface area contributed by atoms with Crippen LogP contribution in [0.2, 0.25) is 0 Å². The molecular weight excluding hydrogens is 646 g/mol. The lowest BCUT2D eigenvalue weighted by atomic mass is 9.74. The Morgan fingerprint density at radius 3 is 2.00 bits per heavy atom. The highest BCUT2D eigenvalue weighted by Gasteiger charge is 2.66. The molecule has 0 saturated carbocycles. The minimum absolute atomic E-state index is 0.0801. The van der Waals surface area contributed by atoms with Crippen LogP contribution in [0, 0.1) is 0 Å². The summed E-state index contributed by atoms with van der Waals surface area (Å²) in [4.78, 5) is 23.7. The largest absolute Gasteiger partial charge is 0.469 e. The quantitative estimate of drug-likeness (QED) is 0.0541. The van der Waals surface area contributed by atoms with Crippen molar-refractivity contribution in [1.29, 1.82) is 0 Å². The number of amides is 1. The van der Waals surface area contributed by atoms with Crippen molar-refractivity contribution in [3.8, 4) is 0 Å². The van der Waals surface area contributed by atoms with Crippen molar-refractivity contribution < 1.29 is 84.0 Å². The van der Waals surface area contributed by atoms with E-state index < -0.39 is 110 Å². The molecule has 0 bridgehead atoms. The Hall–Kier alpha value is -1.62. The highest BCUT2D eigenvalue weighted by Crippen LogP contribution is 2.42. The predicted octanol–water partition coefficient (Wildman–Crippen LogP) is -4.09. The first-order chi connectivity index (χ1) is 22.7. The van der Waals surface area contributed by atoms with Crippen LogP contribution in [0.15, 0.2) is 0 Å². The standard InChI is InChI=1S/C30H53NO17/c1-14-20(36)22(38)24(40)27(45-14)30(42)17(13-33)47-28(44-11-9-7-5-4-6-8-10-18(35)43-3)19(31-15(2)34)26(30)48-29-25(41)23(39)21(37)16(12-32)46-29/h14,16-17,19-29,32-33,36-42H,4-13H2,1-3H3,(H,31,34). The molecule has 10 N–H and O–H groups in total. The first kappa shape index (κ1) is 40.8. The zero-order valence-corrected chi connectivity index (χ0v) is 27.4. The number of esters is 1. The molecule has 3 saturated heterocycles. The lowest BCUT2D eigenvalue weighted by Crippen LogP contribution is -2.79. The zero-order valence-electron chi connectivity index (χ0n) is 27.4. The van der Waals surface area contributed by atoms with Crippen molar-refractivity contribution in [2.75, 3.05) is 26.9 Å². The lowest BCUT2D eigenvalue weighted by molar-refractivity contribution is -0.388. The maximum absolute atomic E-state index is 12.5. The number of carbonyl (C=O) groups is 2. The Labute approximate surface area is 278 Å². The van der Waals surface area contributed by atoms with Crippen molar-refractivity contribution >= 4 is 11.9 Å². The number of rotatable bonds is 16. The fourth-order valence-corrected chi connectivity index (χ4v) is 6.36. The number of ether oxygens (including phenoxy) is 6. The summed E-state index contributed by atoms with van der Waals surface area (Å²) in [5.74, 6) is -0.926. The van der Waals surface area contributed by atoms with Crippen LogP contribution in [0.1, 0.15) is 58.8 Å². The molecule has 0 aromatic carbocycles. The SMILES string of the molecule is COC(=O)CCCCCCCCOC1OC(CO)C(O)(C2OC(C)C(O)C(O)C2O)C(OC2OC(CO)C(O)C(O)C2O)C1NC(C)=O. The second-order valence-electron chi connectivity index (χ2n) is 12.6. The summed E-state index contributed by atoms with van der Waals surface area (Å²) in [5, 5.41) is 98.5. The van der Waals surface area contributed by atoms with Crippen molar-refractivity contribution in [2.45, 2.75) is 150 Å². The summed E-state index contributed by atoms with van der Waals surface area (Å²) in [6, 6.07) is -1.48. The van der Waals surface area contributed by atoms with Gasteiger partial charge in [0.2, 0.25) is 5.91 Å². The molecule has 48 heavy (non-hydrogen) atoms. The number of unbranched alkanes of at least 4 members (excludes halogenated alkanes) is 5. The van der Waals surface area contributed by atoms with Crippen molar-refractivity contribution in [3.05, 3.63) is 0 Å². The minimum atomic E-state index is -2.68. The Morgan fingerprint density at radius 2 is 1.40 bits per heavy atom. The number of aliphatic hydroxyl groups is 9. The summed E-state index contributed by atoms with van der Waals surface area (Å²) in [6.45, 7) is 0.838. The fraction of sp³-hybridized carbons (Fsp3) is 0.933. The molecule has 0 aliphatic carbocycles. The van der Waals surface area contributed by atoms with Gasteiger partial charge in [-0.3, -0.25) is 9.59 Å². The molecule has 3 heterocycles. The molecule has 0 spiro atoms. The Balaban J connectivity index is 1.88. The molecule has 1 amide bonds. The highest BCUT2D eigenvalue weighted by molar-refractivity contribution is 5.73. The van der Waals surface area contributed by atoms with E-state index in [4.69, 9.17) is 23.7 Å². The van der Waals surface area contributed by atoms with E-state index in [1.807, 2.05) is 0 Å². The zero-order chi connectivity index (χ0) is 35.8. The Kier molecular flexibility index (Phi) is 15.8. The second kappa shape index (κ2) is 18.6. The van der Waals surface area contributed by atoms with Crippen LogP contribution in [0.5, 0.6) is 0 Å². The minimum Gasteiger partial charge on any atom is -0.469 e. The van der Waals surface area contributed by atoms with E-state index in [9.17, 15) is 55.5 Å². The molecule has 280 valence electrons. The maximum atomic E-state index is 12.5. The smallest absolute Gasteiger partial charge is 0.305 e. The van der Waals surface area contributed by atoms with Gasteiger partial charge in [0.05, 0.1) is 26.4 Å². The van der Waals surface area contributed by atoms with Crippen LogP contribution in [0.25, 0.3) is 0 Å². The number of carbonyl (C=O) groups excluding carboxylic acids is 2. The third-order valence-electron chi connectivity index (χ3n) is 9.15. The molecule has 15 unspecified atom stereocenters. The Morgan fingerprint density at radius 1 is 0.771 bits per heavy atom. The lowest BCUT2D eigenvalue weighted by Gasteiger charge is -2.57. The van der Waals surface area contributed by atoms with E-state index in [0.717, 1.165) is 32.6 Å². The molecule has 18 heteroatoms. The van der Waals surface area contributed by atoms with Gasteiger partial charge in [0.15, 0.2) is 18.2 Å². The van der Waals surface area contributed by atoms with Crippen LogP contribution in [-0.2, 0) is 38.0 Å². The summed E-state index contributed by atoms with van der Waals surface area (Å²) in [5.41, 5.74) is -2.68. The summed E-state index contributed by atoms with van der Waals surface area (Å²) in [6.07, 6.45) is -17.5. The van der Waals surface area contributed by atoms with Gasteiger partial charge in [0.25, 0.3) is 0 Å². The van der Waals surface area contributed by atoms with Gasteiger partial charge in [-0.25, -0.2) is 0 Å². The third kappa shape index (κ3) is 9.38. The number of aliphatic hydroxyl groups excluding tert-OH is 8. The molecule has 3 aliphatic heterocycles. The van der Waals surface area contributed by atoms with Gasteiger partial charge in [-0.15, -0.1) is 0 Å². The summed E-state index contributed by atoms with van der Waals surface area (Å²) < 4.78 is 33.9. The van der Waals surface area contributed by atoms with E-state index in [-0.39, 0.29) is 12.6 Å². The van der Waals surface area contributed by atoms with Gasteiger partial charge in [-0.05, 0) is 19.8 Å². The van der Waals surface area contributed by atoms with E-state index in [1.165, 1.54) is 14.0 Å². The Bertz CT molecular complexity index is 1010. The molecule has 0 aromatic heterocycles. The normalized spacial score (nSPS) is 41.9. The first-order valence-electron chi connectivity index (χ1n) is 16.3. The van der Waals surface area contributed by atoms with Gasteiger partial charge >= 0.3 is 5.97 Å². The van der Waals surface area contributed by atoms with Crippen LogP contribution in [-0.4, -0.2) is 176 Å². The van der Waals surface area contributed by atoms with Crippen LogP contribution in [0.4, 0.5) is 0 Å². The predicted molar refractivity (Wildman–Crippen MR) is 160 cm³/mol. The number of hydrogen-bond donors (Lipinski definition) is 10. The van der Waals surface area contributed by atoms with Gasteiger partial charge < -0.3 is 79.7 Å². The average Bonchev–Trinajstić information content (AvgIpc) is 3.06. The van der Waals surface area contributed by atoms with E-state index in [2.05, 4.69) is 10.1 Å². The fourth-order valence-electron chi connectivity index (χ4n) is 6.36.